The van der Waals surface area contributed by atoms with E-state index in [9.17, 15) is 5.11 Å². The second-order valence-corrected chi connectivity index (χ2v) is 6.91. The van der Waals surface area contributed by atoms with Gasteiger partial charge in [0, 0.05) is 5.56 Å². The van der Waals surface area contributed by atoms with Gasteiger partial charge in [0.15, 0.2) is 0 Å². The van der Waals surface area contributed by atoms with Gasteiger partial charge in [0.05, 0.1) is 11.3 Å². The van der Waals surface area contributed by atoms with Gasteiger partial charge >= 0.3 is 0 Å². The molecule has 3 heteroatoms. The van der Waals surface area contributed by atoms with Crippen LogP contribution in [-0.2, 0) is 0 Å². The Balaban J connectivity index is 2.00. The van der Waals surface area contributed by atoms with Crippen LogP contribution in [0.15, 0.2) is 72.8 Å². The van der Waals surface area contributed by atoms with E-state index in [0.717, 1.165) is 33.6 Å². The number of nitrogens with zero attached hydrogens (tertiary/aromatic N) is 2. The number of rotatable bonds is 3. The van der Waals surface area contributed by atoms with Crippen LogP contribution >= 0.6 is 0 Å². The third kappa shape index (κ3) is 3.02. The third-order valence-corrected chi connectivity index (χ3v) is 5.06. The van der Waals surface area contributed by atoms with Crippen LogP contribution in [0.3, 0.4) is 0 Å². The predicted octanol–water partition coefficient (Wildman–Crippen LogP) is 5.84. The minimum atomic E-state index is 0.155. The Hall–Kier alpha value is -3.33. The van der Waals surface area contributed by atoms with Gasteiger partial charge < -0.3 is 5.11 Å². The highest BCUT2D eigenvalue weighted by molar-refractivity contribution is 5.86. The summed E-state index contributed by atoms with van der Waals surface area (Å²) in [7, 11) is 0. The van der Waals surface area contributed by atoms with Crippen LogP contribution in [0, 0.1) is 20.8 Å². The van der Waals surface area contributed by atoms with Crippen molar-refractivity contribution < 1.29 is 5.11 Å². The molecule has 0 bridgehead atoms. The fourth-order valence-corrected chi connectivity index (χ4v) is 3.34. The lowest BCUT2D eigenvalue weighted by Gasteiger charge is -2.07. The van der Waals surface area contributed by atoms with Gasteiger partial charge in [-0.1, -0.05) is 60.7 Å². The molecule has 0 spiro atoms. The van der Waals surface area contributed by atoms with Crippen molar-refractivity contribution >= 4 is 0 Å². The first-order valence-electron chi connectivity index (χ1n) is 9.07. The summed E-state index contributed by atoms with van der Waals surface area (Å²) in [6, 6.07) is 24.2. The summed E-state index contributed by atoms with van der Waals surface area (Å²) in [5.41, 5.74) is 7.87. The average Bonchev–Trinajstić information content (AvgIpc) is 3.02. The number of benzene rings is 3. The second kappa shape index (κ2) is 6.76. The maximum absolute atomic E-state index is 11.1. The SMILES string of the molecule is Cc1ccc(-n2nc(-c3ccccc3C)c(-c3ccccc3)c2O)cc1C. The molecule has 0 fully saturated rings. The highest BCUT2D eigenvalue weighted by Crippen LogP contribution is 2.40. The molecule has 0 atom stereocenters. The highest BCUT2D eigenvalue weighted by atomic mass is 16.3. The lowest BCUT2D eigenvalue weighted by atomic mass is 9.98. The van der Waals surface area contributed by atoms with Crippen molar-refractivity contribution in [2.75, 3.05) is 0 Å². The first-order chi connectivity index (χ1) is 13.1. The van der Waals surface area contributed by atoms with E-state index in [-0.39, 0.29) is 5.88 Å². The first kappa shape index (κ1) is 17.1. The standard InChI is InChI=1S/C24H22N2O/c1-16-13-14-20(15-18(16)3)26-24(27)22(19-10-5-4-6-11-19)23(25-26)21-12-8-7-9-17(21)2/h4-15,27H,1-3H3. The smallest absolute Gasteiger partial charge is 0.222 e. The normalized spacial score (nSPS) is 10.9. The van der Waals surface area contributed by atoms with Crippen LogP contribution in [0.25, 0.3) is 28.1 Å². The Morgan fingerprint density at radius 2 is 1.44 bits per heavy atom. The van der Waals surface area contributed by atoms with Gasteiger partial charge in [-0.3, -0.25) is 0 Å². The molecule has 0 saturated heterocycles. The summed E-state index contributed by atoms with van der Waals surface area (Å²) >= 11 is 0. The van der Waals surface area contributed by atoms with Crippen molar-refractivity contribution in [1.82, 2.24) is 9.78 Å². The van der Waals surface area contributed by atoms with E-state index in [1.807, 2.05) is 54.6 Å². The molecule has 0 aliphatic rings. The fraction of sp³-hybridized carbons (Fsp3) is 0.125. The molecule has 4 rings (SSSR count). The van der Waals surface area contributed by atoms with Crippen molar-refractivity contribution in [3.05, 3.63) is 89.5 Å². The molecule has 3 nitrogen and oxygen atoms in total. The summed E-state index contributed by atoms with van der Waals surface area (Å²) < 4.78 is 1.64. The van der Waals surface area contributed by atoms with Crippen molar-refractivity contribution in [1.29, 1.82) is 0 Å². The summed E-state index contributed by atoms with van der Waals surface area (Å²) in [6.45, 7) is 6.21. The van der Waals surface area contributed by atoms with Crippen LogP contribution in [-0.4, -0.2) is 14.9 Å². The van der Waals surface area contributed by atoms with Crippen LogP contribution < -0.4 is 0 Å². The van der Waals surface area contributed by atoms with Gasteiger partial charge in [-0.2, -0.15) is 5.10 Å². The molecule has 0 unspecified atom stereocenters. The summed E-state index contributed by atoms with van der Waals surface area (Å²) in [5.74, 6) is 0.155. The zero-order valence-electron chi connectivity index (χ0n) is 15.8. The van der Waals surface area contributed by atoms with Crippen LogP contribution in [0.5, 0.6) is 5.88 Å². The average molecular weight is 354 g/mol. The van der Waals surface area contributed by atoms with E-state index < -0.39 is 0 Å². The predicted molar refractivity (Wildman–Crippen MR) is 110 cm³/mol. The molecule has 1 N–H and O–H groups in total. The molecule has 1 aromatic heterocycles. The molecule has 0 radical (unpaired) electrons. The van der Waals surface area contributed by atoms with E-state index >= 15 is 0 Å². The monoisotopic (exact) mass is 354 g/mol. The van der Waals surface area contributed by atoms with E-state index in [4.69, 9.17) is 5.10 Å². The molecule has 0 saturated carbocycles. The van der Waals surface area contributed by atoms with Crippen LogP contribution in [0.1, 0.15) is 16.7 Å². The van der Waals surface area contributed by atoms with E-state index in [0.29, 0.717) is 0 Å². The lowest BCUT2D eigenvalue weighted by molar-refractivity contribution is 0.435. The number of aromatic nitrogens is 2. The molecular weight excluding hydrogens is 332 g/mol. The number of aromatic hydroxyl groups is 1. The second-order valence-electron chi connectivity index (χ2n) is 6.91. The van der Waals surface area contributed by atoms with Crippen molar-refractivity contribution in [3.8, 4) is 34.0 Å². The lowest BCUT2D eigenvalue weighted by Crippen LogP contribution is -1.97. The summed E-state index contributed by atoms with van der Waals surface area (Å²) in [6.07, 6.45) is 0. The molecule has 27 heavy (non-hydrogen) atoms. The number of aryl methyl sites for hydroxylation is 3. The Morgan fingerprint density at radius 1 is 0.741 bits per heavy atom. The molecule has 0 aliphatic carbocycles. The minimum absolute atomic E-state index is 0.155. The van der Waals surface area contributed by atoms with E-state index in [1.165, 1.54) is 11.1 Å². The van der Waals surface area contributed by atoms with Crippen LogP contribution in [0.2, 0.25) is 0 Å². The van der Waals surface area contributed by atoms with E-state index in [2.05, 4.69) is 39.0 Å². The van der Waals surface area contributed by atoms with Crippen molar-refractivity contribution in [2.45, 2.75) is 20.8 Å². The quantitative estimate of drug-likeness (QED) is 0.502. The molecule has 0 aliphatic heterocycles. The highest BCUT2D eigenvalue weighted by Gasteiger charge is 2.22. The Bertz CT molecular complexity index is 1110. The van der Waals surface area contributed by atoms with Gasteiger partial charge in [0.1, 0.15) is 5.69 Å². The number of hydrogen-bond acceptors (Lipinski definition) is 2. The van der Waals surface area contributed by atoms with Gasteiger partial charge in [0.2, 0.25) is 5.88 Å². The molecule has 134 valence electrons. The topological polar surface area (TPSA) is 38.0 Å². The van der Waals surface area contributed by atoms with Gasteiger partial charge in [-0.15, -0.1) is 0 Å². The van der Waals surface area contributed by atoms with E-state index in [1.54, 1.807) is 4.68 Å². The molecule has 4 aromatic rings. The van der Waals surface area contributed by atoms with Gasteiger partial charge in [-0.05, 0) is 55.2 Å². The maximum atomic E-state index is 11.1. The summed E-state index contributed by atoms with van der Waals surface area (Å²) in [5, 5.41) is 16.0. The molecular formula is C24H22N2O. The largest absolute Gasteiger partial charge is 0.493 e. The zero-order valence-corrected chi connectivity index (χ0v) is 15.8. The Labute approximate surface area is 159 Å². The summed E-state index contributed by atoms with van der Waals surface area (Å²) in [4.78, 5) is 0. The van der Waals surface area contributed by atoms with Crippen molar-refractivity contribution in [3.63, 3.8) is 0 Å². The maximum Gasteiger partial charge on any atom is 0.222 e. The first-order valence-corrected chi connectivity index (χ1v) is 9.07. The third-order valence-electron chi connectivity index (χ3n) is 5.06. The zero-order chi connectivity index (χ0) is 19.0. The fourth-order valence-electron chi connectivity index (χ4n) is 3.34. The van der Waals surface area contributed by atoms with Crippen molar-refractivity contribution in [2.24, 2.45) is 0 Å². The molecule has 0 amide bonds. The van der Waals surface area contributed by atoms with Gasteiger partial charge in [-0.25, -0.2) is 4.68 Å². The van der Waals surface area contributed by atoms with Gasteiger partial charge in [0.25, 0.3) is 0 Å². The Morgan fingerprint density at radius 3 is 2.15 bits per heavy atom. The Kier molecular flexibility index (Phi) is 4.28. The molecule has 3 aromatic carbocycles. The number of hydrogen-bond donors (Lipinski definition) is 1. The minimum Gasteiger partial charge on any atom is -0.493 e. The van der Waals surface area contributed by atoms with Crippen LogP contribution in [0.4, 0.5) is 0 Å². The molecule has 1 heterocycles.